The molecule has 0 unspecified atom stereocenters. The minimum atomic E-state index is -0.773. The number of nitrogens with zero attached hydrogens (tertiary/aromatic N) is 5. The molecular formula is C34H39IN6O4. The fourth-order valence-electron chi connectivity index (χ4n) is 5.99. The molecule has 2 saturated heterocycles. The number of alkyl halides is 1. The third-order valence-electron chi connectivity index (χ3n) is 8.21. The monoisotopic (exact) mass is 722 g/mol. The second-order valence-electron chi connectivity index (χ2n) is 11.5. The van der Waals surface area contributed by atoms with E-state index in [2.05, 4.69) is 51.5 Å². The van der Waals surface area contributed by atoms with Gasteiger partial charge in [-0.1, -0.05) is 83.3 Å². The first kappa shape index (κ1) is 32.3. The fourth-order valence-corrected chi connectivity index (χ4v) is 6.64. The second kappa shape index (κ2) is 14.3. The van der Waals surface area contributed by atoms with Gasteiger partial charge in [-0.3, -0.25) is 14.6 Å². The molecule has 2 aliphatic heterocycles. The largest absolute Gasteiger partial charge is 0.508 e. The normalized spacial score (nSPS) is 18.1. The van der Waals surface area contributed by atoms with Crippen molar-refractivity contribution in [3.8, 4) is 5.75 Å². The van der Waals surface area contributed by atoms with Crippen LogP contribution in [0, 0.1) is 0 Å². The number of phenols is 1. The molecule has 0 bridgehead atoms. The molecule has 5 rings (SSSR count). The van der Waals surface area contributed by atoms with Crippen LogP contribution in [0.15, 0.2) is 85.5 Å². The smallest absolute Gasteiger partial charge is 0.332 e. The third kappa shape index (κ3) is 7.25. The molecule has 236 valence electrons. The number of urea groups is 1. The highest BCUT2D eigenvalue weighted by Gasteiger charge is 2.52. The summed E-state index contributed by atoms with van der Waals surface area (Å²) in [6, 6.07) is 21.5. The molecule has 3 aromatic rings. The van der Waals surface area contributed by atoms with Crippen LogP contribution >= 0.6 is 22.6 Å². The molecule has 2 atom stereocenters. The van der Waals surface area contributed by atoms with Gasteiger partial charge in [0.25, 0.3) is 0 Å². The lowest BCUT2D eigenvalue weighted by Gasteiger charge is -2.46. The van der Waals surface area contributed by atoms with Gasteiger partial charge in [-0.05, 0) is 40.5 Å². The van der Waals surface area contributed by atoms with E-state index in [1.165, 1.54) is 10.6 Å². The summed E-state index contributed by atoms with van der Waals surface area (Å²) < 4.78 is 0.864. The van der Waals surface area contributed by atoms with Crippen LogP contribution in [-0.2, 0) is 33.5 Å². The van der Waals surface area contributed by atoms with E-state index in [9.17, 15) is 19.5 Å². The van der Waals surface area contributed by atoms with Gasteiger partial charge in [0.15, 0.2) is 0 Å². The lowest BCUT2D eigenvalue weighted by Crippen LogP contribution is -2.66. The number of amides is 4. The summed E-state index contributed by atoms with van der Waals surface area (Å²) >= 11 is 2.35. The molecule has 0 aliphatic carbocycles. The van der Waals surface area contributed by atoms with Crippen LogP contribution in [0.5, 0.6) is 5.75 Å². The number of piperazine rings is 1. The van der Waals surface area contributed by atoms with Crippen LogP contribution in [0.25, 0.3) is 0 Å². The van der Waals surface area contributed by atoms with E-state index < -0.39 is 12.2 Å². The summed E-state index contributed by atoms with van der Waals surface area (Å²) in [7, 11) is 4.01. The number of halogens is 1. The van der Waals surface area contributed by atoms with Crippen molar-refractivity contribution in [2.24, 2.45) is 0 Å². The quantitative estimate of drug-likeness (QED) is 0.176. The van der Waals surface area contributed by atoms with E-state index in [-0.39, 0.29) is 49.7 Å². The standard InChI is InChI=1S/C34H39IN6O4/c1-4-16-39(34(45)36-20-25-8-6-5-7-9-25)40-23-32(43)41-30(17-24-11-14-28(42)15-12-24)33(44)38(22-31(40)41)21-26-10-13-27(19-35)29(18-26)37(2)3/h4-15,18,30-31,42H,1,16-17,19-23H2,2-3H3,(H,36,45)/t30-,31+/m0/s1. The highest BCUT2D eigenvalue weighted by molar-refractivity contribution is 14.1. The lowest BCUT2D eigenvalue weighted by atomic mass is 9.99. The molecule has 10 nitrogen and oxygen atoms in total. The van der Waals surface area contributed by atoms with Gasteiger partial charge in [0.2, 0.25) is 11.8 Å². The first-order valence-corrected chi connectivity index (χ1v) is 16.4. The van der Waals surface area contributed by atoms with Crippen LogP contribution in [0.2, 0.25) is 0 Å². The van der Waals surface area contributed by atoms with Crippen molar-refractivity contribution in [3.63, 3.8) is 0 Å². The van der Waals surface area contributed by atoms with Crippen molar-refractivity contribution in [2.45, 2.75) is 36.1 Å². The molecule has 11 heteroatoms. The maximum absolute atomic E-state index is 14.2. The van der Waals surface area contributed by atoms with Gasteiger partial charge in [-0.25, -0.2) is 4.79 Å². The summed E-state index contributed by atoms with van der Waals surface area (Å²) in [5.74, 6) is -0.240. The molecule has 2 aliphatic rings. The number of anilines is 1. The molecule has 0 radical (unpaired) electrons. The van der Waals surface area contributed by atoms with Crippen molar-refractivity contribution in [1.82, 2.24) is 25.1 Å². The Morgan fingerprint density at radius 1 is 1.04 bits per heavy atom. The second-order valence-corrected chi connectivity index (χ2v) is 12.3. The fraction of sp³-hybridized carbons (Fsp3) is 0.324. The Balaban J connectivity index is 1.45. The van der Waals surface area contributed by atoms with E-state index in [0.29, 0.717) is 13.1 Å². The Morgan fingerprint density at radius 2 is 1.76 bits per heavy atom. The first-order valence-electron chi connectivity index (χ1n) is 14.9. The van der Waals surface area contributed by atoms with Gasteiger partial charge in [-0.15, -0.1) is 6.58 Å². The van der Waals surface area contributed by atoms with Gasteiger partial charge >= 0.3 is 6.03 Å². The van der Waals surface area contributed by atoms with Gasteiger partial charge in [0.05, 0.1) is 19.6 Å². The number of aromatic hydroxyl groups is 1. The number of carbonyl (C=O) groups excluding carboxylic acids is 3. The number of hydrogen-bond acceptors (Lipinski definition) is 6. The van der Waals surface area contributed by atoms with E-state index in [1.807, 2.05) is 50.5 Å². The van der Waals surface area contributed by atoms with Gasteiger partial charge in [0.1, 0.15) is 18.0 Å². The molecule has 4 amide bonds. The SMILES string of the molecule is C=CCN(C(=O)NCc1ccccc1)N1CC(=O)N2[C@@H](Cc3ccc(O)cc3)C(=O)N(Cc3ccc(CI)c(N(C)C)c3)C[C@@H]21. The molecule has 3 aromatic carbocycles. The Morgan fingerprint density at radius 3 is 2.42 bits per heavy atom. The molecule has 2 fully saturated rings. The van der Waals surface area contributed by atoms with Crippen LogP contribution < -0.4 is 10.2 Å². The maximum atomic E-state index is 14.2. The van der Waals surface area contributed by atoms with Crippen molar-refractivity contribution in [3.05, 3.63) is 108 Å². The lowest BCUT2D eigenvalue weighted by molar-refractivity contribution is -0.157. The van der Waals surface area contributed by atoms with Crippen LogP contribution in [0.1, 0.15) is 22.3 Å². The van der Waals surface area contributed by atoms with Crippen molar-refractivity contribution in [1.29, 1.82) is 0 Å². The predicted octanol–water partition coefficient (Wildman–Crippen LogP) is 4.13. The zero-order valence-electron chi connectivity index (χ0n) is 25.6. The summed E-state index contributed by atoms with van der Waals surface area (Å²) in [5.41, 5.74) is 5.07. The molecule has 45 heavy (non-hydrogen) atoms. The average Bonchev–Trinajstić information content (AvgIpc) is 3.36. The van der Waals surface area contributed by atoms with Crippen LogP contribution in [0.3, 0.4) is 0 Å². The van der Waals surface area contributed by atoms with Crippen molar-refractivity contribution in [2.75, 3.05) is 38.6 Å². The number of rotatable bonds is 11. The highest BCUT2D eigenvalue weighted by Crippen LogP contribution is 2.31. The molecular weight excluding hydrogens is 683 g/mol. The summed E-state index contributed by atoms with van der Waals surface area (Å²) in [6.45, 7) is 4.94. The Bertz CT molecular complexity index is 1530. The molecule has 2 N–H and O–H groups in total. The molecule has 0 aromatic heterocycles. The van der Waals surface area contributed by atoms with Gasteiger partial charge < -0.3 is 25.1 Å². The van der Waals surface area contributed by atoms with Gasteiger partial charge in [-0.2, -0.15) is 5.01 Å². The molecule has 0 saturated carbocycles. The average molecular weight is 723 g/mol. The Kier molecular flexibility index (Phi) is 10.3. The number of nitrogens with one attached hydrogen (secondary N) is 1. The van der Waals surface area contributed by atoms with E-state index in [4.69, 9.17) is 0 Å². The number of fused-ring (bicyclic) bond motifs is 1. The summed E-state index contributed by atoms with van der Waals surface area (Å²) in [4.78, 5) is 46.9. The number of hydrazine groups is 1. The van der Waals surface area contributed by atoms with E-state index >= 15 is 0 Å². The topological polar surface area (TPSA) is 99.7 Å². The first-order chi connectivity index (χ1) is 21.7. The van der Waals surface area contributed by atoms with E-state index in [1.54, 1.807) is 45.2 Å². The summed E-state index contributed by atoms with van der Waals surface area (Å²) in [6.07, 6.45) is 1.36. The van der Waals surface area contributed by atoms with Crippen LogP contribution in [0.4, 0.5) is 10.5 Å². The minimum Gasteiger partial charge on any atom is -0.508 e. The maximum Gasteiger partial charge on any atom is 0.332 e. The molecule has 2 heterocycles. The number of hydrogen-bond donors (Lipinski definition) is 2. The van der Waals surface area contributed by atoms with Crippen molar-refractivity contribution < 1.29 is 19.5 Å². The Hall–Kier alpha value is -4.10. The minimum absolute atomic E-state index is 0.0421. The third-order valence-corrected chi connectivity index (χ3v) is 9.04. The van der Waals surface area contributed by atoms with Crippen LogP contribution in [-0.4, -0.2) is 88.7 Å². The number of phenolic OH excluding ortho intramolecular Hbond substituents is 1. The number of benzene rings is 3. The van der Waals surface area contributed by atoms with Gasteiger partial charge in [0, 0.05) is 43.7 Å². The Labute approximate surface area is 278 Å². The summed E-state index contributed by atoms with van der Waals surface area (Å²) in [5, 5.41) is 16.1. The number of carbonyl (C=O) groups is 3. The molecule has 0 spiro atoms. The predicted molar refractivity (Wildman–Crippen MR) is 182 cm³/mol. The van der Waals surface area contributed by atoms with E-state index in [0.717, 1.165) is 26.8 Å². The zero-order chi connectivity index (χ0) is 32.1. The zero-order valence-corrected chi connectivity index (χ0v) is 27.8. The van der Waals surface area contributed by atoms with Crippen molar-refractivity contribution >= 4 is 46.1 Å². The highest BCUT2D eigenvalue weighted by atomic mass is 127.